The Morgan fingerprint density at radius 3 is 2.31 bits per heavy atom. The molecule has 0 aromatic heterocycles. The Morgan fingerprint density at radius 2 is 1.88 bits per heavy atom. The zero-order valence-electron chi connectivity index (χ0n) is 12.6. The average molecular weight is 224 g/mol. The lowest BCUT2D eigenvalue weighted by molar-refractivity contribution is 0.0997. The van der Waals surface area contributed by atoms with Crippen LogP contribution in [0.3, 0.4) is 0 Å². The molecule has 4 atom stereocenters. The van der Waals surface area contributed by atoms with Crippen LogP contribution in [0.5, 0.6) is 0 Å². The van der Waals surface area contributed by atoms with Crippen molar-refractivity contribution in [2.75, 3.05) is 0 Å². The van der Waals surface area contributed by atoms with Crippen LogP contribution in [-0.4, -0.2) is 0 Å². The first-order chi connectivity index (χ1) is 7.18. The Balaban J connectivity index is 2.82. The molecule has 0 N–H and O–H groups in total. The third kappa shape index (κ3) is 3.25. The summed E-state index contributed by atoms with van der Waals surface area (Å²) in [5.41, 5.74) is 1.07. The fourth-order valence-corrected chi connectivity index (χ4v) is 4.37. The van der Waals surface area contributed by atoms with Gasteiger partial charge in [0.1, 0.15) is 0 Å². The first-order valence-electron chi connectivity index (χ1n) is 7.18. The second-order valence-electron chi connectivity index (χ2n) is 7.93. The van der Waals surface area contributed by atoms with Gasteiger partial charge in [-0.2, -0.15) is 0 Å². The molecule has 0 bridgehead atoms. The molecule has 96 valence electrons. The first kappa shape index (κ1) is 14.1. The monoisotopic (exact) mass is 224 g/mol. The molecule has 0 saturated heterocycles. The van der Waals surface area contributed by atoms with Crippen LogP contribution in [0.15, 0.2) is 0 Å². The van der Waals surface area contributed by atoms with Gasteiger partial charge in [0.2, 0.25) is 0 Å². The van der Waals surface area contributed by atoms with Gasteiger partial charge in [-0.05, 0) is 47.8 Å². The molecular weight excluding hydrogens is 192 g/mol. The van der Waals surface area contributed by atoms with Crippen LogP contribution in [0.4, 0.5) is 0 Å². The summed E-state index contributed by atoms with van der Waals surface area (Å²) in [4.78, 5) is 0. The van der Waals surface area contributed by atoms with Crippen LogP contribution in [0, 0.1) is 28.6 Å². The molecule has 16 heavy (non-hydrogen) atoms. The van der Waals surface area contributed by atoms with E-state index in [0.717, 1.165) is 17.8 Å². The van der Waals surface area contributed by atoms with Gasteiger partial charge < -0.3 is 0 Å². The molecule has 1 aliphatic carbocycles. The molecule has 0 aromatic rings. The van der Waals surface area contributed by atoms with Crippen molar-refractivity contribution < 1.29 is 0 Å². The second kappa shape index (κ2) is 4.70. The Kier molecular flexibility index (Phi) is 4.13. The summed E-state index contributed by atoms with van der Waals surface area (Å²) in [6, 6.07) is 0. The Morgan fingerprint density at radius 1 is 1.31 bits per heavy atom. The smallest absolute Gasteiger partial charge is 0.0287 e. The summed E-state index contributed by atoms with van der Waals surface area (Å²) in [5, 5.41) is 0. The maximum atomic E-state index is 2.55. The Hall–Kier alpha value is 0. The molecule has 0 aliphatic heterocycles. The van der Waals surface area contributed by atoms with Gasteiger partial charge in [0.15, 0.2) is 0 Å². The number of hydrogen-bond donors (Lipinski definition) is 0. The zero-order chi connectivity index (χ0) is 12.6. The highest BCUT2D eigenvalue weighted by Gasteiger charge is 2.45. The highest BCUT2D eigenvalue weighted by atomic mass is 14.5. The average Bonchev–Trinajstić information content (AvgIpc) is 2.36. The van der Waals surface area contributed by atoms with E-state index in [0.29, 0.717) is 10.8 Å². The molecule has 1 aliphatic rings. The van der Waals surface area contributed by atoms with E-state index in [9.17, 15) is 0 Å². The van der Waals surface area contributed by atoms with Crippen molar-refractivity contribution in [3.8, 4) is 0 Å². The van der Waals surface area contributed by atoms with E-state index in [-0.39, 0.29) is 0 Å². The molecule has 0 radical (unpaired) electrons. The zero-order valence-corrected chi connectivity index (χ0v) is 12.6. The van der Waals surface area contributed by atoms with Crippen molar-refractivity contribution in [2.24, 2.45) is 28.6 Å². The summed E-state index contributed by atoms with van der Waals surface area (Å²) in [7, 11) is 0. The second-order valence-corrected chi connectivity index (χ2v) is 7.93. The van der Waals surface area contributed by atoms with Crippen molar-refractivity contribution >= 4 is 0 Å². The van der Waals surface area contributed by atoms with Crippen molar-refractivity contribution in [1.82, 2.24) is 0 Å². The van der Waals surface area contributed by atoms with E-state index in [1.807, 2.05) is 0 Å². The van der Waals surface area contributed by atoms with Crippen LogP contribution < -0.4 is 0 Å². The van der Waals surface area contributed by atoms with E-state index >= 15 is 0 Å². The van der Waals surface area contributed by atoms with Crippen molar-refractivity contribution in [1.29, 1.82) is 0 Å². The van der Waals surface area contributed by atoms with Crippen LogP contribution in [0.2, 0.25) is 0 Å². The standard InChI is InChI=1S/C16H32/c1-8-13(3)14-9-12(2)10-16(14,7)11-15(4,5)6/h12-14H,8-11H2,1-7H3. The quantitative estimate of drug-likeness (QED) is 0.592. The molecule has 0 amide bonds. The molecule has 0 heteroatoms. The molecule has 1 rings (SSSR count). The largest absolute Gasteiger partial charge is 0.0651 e. The lowest BCUT2D eigenvalue weighted by atomic mass is 9.65. The van der Waals surface area contributed by atoms with Crippen LogP contribution >= 0.6 is 0 Å². The Bertz CT molecular complexity index is 223. The molecule has 1 fully saturated rings. The summed E-state index contributed by atoms with van der Waals surface area (Å²) in [6.07, 6.45) is 5.64. The van der Waals surface area contributed by atoms with Crippen molar-refractivity contribution in [3.05, 3.63) is 0 Å². The van der Waals surface area contributed by atoms with E-state index < -0.39 is 0 Å². The molecule has 0 aromatic carbocycles. The van der Waals surface area contributed by atoms with E-state index in [4.69, 9.17) is 0 Å². The van der Waals surface area contributed by atoms with Crippen molar-refractivity contribution in [2.45, 2.75) is 74.1 Å². The lowest BCUT2D eigenvalue weighted by Gasteiger charge is -2.40. The fourth-order valence-electron chi connectivity index (χ4n) is 4.37. The van der Waals surface area contributed by atoms with Gasteiger partial charge in [0.25, 0.3) is 0 Å². The van der Waals surface area contributed by atoms with E-state index in [1.165, 1.54) is 25.7 Å². The third-order valence-electron chi connectivity index (χ3n) is 4.63. The van der Waals surface area contributed by atoms with Gasteiger partial charge in [0, 0.05) is 0 Å². The van der Waals surface area contributed by atoms with E-state index in [2.05, 4.69) is 48.5 Å². The fraction of sp³-hybridized carbons (Fsp3) is 1.00. The lowest BCUT2D eigenvalue weighted by Crippen LogP contribution is -2.31. The normalized spacial score (nSPS) is 37.7. The molecular formula is C16H32. The van der Waals surface area contributed by atoms with Crippen LogP contribution in [0.25, 0.3) is 0 Å². The summed E-state index contributed by atoms with van der Waals surface area (Å²) in [5.74, 6) is 2.79. The van der Waals surface area contributed by atoms with Gasteiger partial charge in [-0.1, -0.05) is 54.9 Å². The van der Waals surface area contributed by atoms with Crippen molar-refractivity contribution in [3.63, 3.8) is 0 Å². The highest BCUT2D eigenvalue weighted by molar-refractivity contribution is 4.95. The highest BCUT2D eigenvalue weighted by Crippen LogP contribution is 2.55. The summed E-state index contributed by atoms with van der Waals surface area (Å²) in [6.45, 7) is 17.0. The number of rotatable bonds is 3. The molecule has 0 nitrogen and oxygen atoms in total. The van der Waals surface area contributed by atoms with Gasteiger partial charge in [-0.25, -0.2) is 0 Å². The minimum Gasteiger partial charge on any atom is -0.0651 e. The minimum absolute atomic E-state index is 0.477. The number of hydrogen-bond acceptors (Lipinski definition) is 0. The van der Waals surface area contributed by atoms with Gasteiger partial charge in [-0.15, -0.1) is 0 Å². The predicted octanol–water partition coefficient (Wildman–Crippen LogP) is 5.52. The molecule has 1 saturated carbocycles. The van der Waals surface area contributed by atoms with Crippen LogP contribution in [-0.2, 0) is 0 Å². The topological polar surface area (TPSA) is 0 Å². The Labute approximate surface area is 103 Å². The summed E-state index contributed by atoms with van der Waals surface area (Å²) < 4.78 is 0. The maximum Gasteiger partial charge on any atom is -0.0287 e. The van der Waals surface area contributed by atoms with E-state index in [1.54, 1.807) is 0 Å². The predicted molar refractivity (Wildman–Crippen MR) is 73.5 cm³/mol. The maximum absolute atomic E-state index is 2.55. The van der Waals surface area contributed by atoms with Gasteiger partial charge in [0.05, 0.1) is 0 Å². The minimum atomic E-state index is 0.477. The molecule has 0 heterocycles. The first-order valence-corrected chi connectivity index (χ1v) is 7.18. The van der Waals surface area contributed by atoms with Gasteiger partial charge >= 0.3 is 0 Å². The summed E-state index contributed by atoms with van der Waals surface area (Å²) >= 11 is 0. The molecule has 0 spiro atoms. The van der Waals surface area contributed by atoms with Crippen LogP contribution in [0.1, 0.15) is 74.1 Å². The van der Waals surface area contributed by atoms with Gasteiger partial charge in [-0.3, -0.25) is 0 Å². The molecule has 4 unspecified atom stereocenters. The third-order valence-corrected chi connectivity index (χ3v) is 4.63. The SMILES string of the molecule is CCC(C)C1CC(C)CC1(C)CC(C)(C)C.